The van der Waals surface area contributed by atoms with Gasteiger partial charge >= 0.3 is 0 Å². The van der Waals surface area contributed by atoms with Gasteiger partial charge in [0, 0.05) is 12.2 Å². The average Bonchev–Trinajstić information content (AvgIpc) is 2.61. The molecule has 0 aromatic carbocycles. The molecule has 1 fully saturated rings. The maximum Gasteiger partial charge on any atom is 0.224 e. The molecule has 1 saturated carbocycles. The second-order valence-corrected chi connectivity index (χ2v) is 5.40. The number of aromatic nitrogens is 2. The van der Waals surface area contributed by atoms with Crippen LogP contribution in [0.15, 0.2) is 12.3 Å². The van der Waals surface area contributed by atoms with E-state index in [1.807, 2.05) is 6.07 Å². The van der Waals surface area contributed by atoms with Gasteiger partial charge in [0.2, 0.25) is 5.95 Å². The van der Waals surface area contributed by atoms with Crippen LogP contribution in [0.5, 0.6) is 0 Å². The Labute approximate surface area is 95.7 Å². The molecule has 0 saturated heterocycles. The summed E-state index contributed by atoms with van der Waals surface area (Å²) in [6.45, 7) is 8.88. The predicted octanol–water partition coefficient (Wildman–Crippen LogP) is 2.19. The lowest BCUT2D eigenvalue weighted by Crippen LogP contribution is -2.12. The number of hydrogen-bond donors (Lipinski definition) is 1. The average molecular weight is 216 g/mol. The molecule has 1 heterocycles. The summed E-state index contributed by atoms with van der Waals surface area (Å²) < 4.78 is 0. The van der Waals surface area contributed by atoms with Crippen LogP contribution in [0.3, 0.4) is 0 Å². The first-order chi connectivity index (χ1) is 7.39. The molecule has 0 amide bonds. The molecule has 1 aromatic heterocycles. The Kier molecular flexibility index (Phi) is 2.16. The van der Waals surface area contributed by atoms with Crippen molar-refractivity contribution in [3.8, 4) is 6.07 Å². The molecular weight excluding hydrogens is 200 g/mol. The van der Waals surface area contributed by atoms with Gasteiger partial charge in [-0.2, -0.15) is 5.26 Å². The Morgan fingerprint density at radius 2 is 1.94 bits per heavy atom. The van der Waals surface area contributed by atoms with Crippen LogP contribution in [-0.4, -0.2) is 16.0 Å². The quantitative estimate of drug-likeness (QED) is 0.823. The number of anilines is 1. The lowest BCUT2D eigenvalue weighted by Gasteiger charge is -2.05. The van der Waals surface area contributed by atoms with Gasteiger partial charge in [-0.25, -0.2) is 9.97 Å². The molecule has 4 heteroatoms. The number of hydrogen-bond acceptors (Lipinski definition) is 4. The molecule has 84 valence electrons. The second kappa shape index (κ2) is 3.18. The van der Waals surface area contributed by atoms with E-state index in [4.69, 9.17) is 5.26 Å². The first kappa shape index (κ1) is 10.9. The molecule has 0 unspecified atom stereocenters. The summed E-state index contributed by atoms with van der Waals surface area (Å²) in [4.78, 5) is 8.24. The number of nitrogens with zero attached hydrogens (tertiary/aromatic N) is 3. The number of nitriles is 1. The number of nitrogens with one attached hydrogen (secondary N) is 1. The SMILES string of the molecule is CC1(C)C(Nc2nccc(C#N)n2)C1(C)C. The van der Waals surface area contributed by atoms with E-state index >= 15 is 0 Å². The van der Waals surface area contributed by atoms with Crippen LogP contribution in [0.4, 0.5) is 5.95 Å². The molecule has 1 aliphatic rings. The highest BCUT2D eigenvalue weighted by Gasteiger charge is 2.65. The van der Waals surface area contributed by atoms with Crippen molar-refractivity contribution in [1.82, 2.24) is 9.97 Å². The lowest BCUT2D eigenvalue weighted by atomic mass is 10.0. The smallest absolute Gasteiger partial charge is 0.224 e. The maximum absolute atomic E-state index is 8.75. The van der Waals surface area contributed by atoms with E-state index in [0.717, 1.165) is 0 Å². The molecule has 0 aliphatic heterocycles. The monoisotopic (exact) mass is 216 g/mol. The van der Waals surface area contributed by atoms with Crippen molar-refractivity contribution in [3.05, 3.63) is 18.0 Å². The third-order valence-electron chi connectivity index (χ3n) is 4.06. The van der Waals surface area contributed by atoms with Gasteiger partial charge in [-0.05, 0) is 16.9 Å². The van der Waals surface area contributed by atoms with E-state index in [2.05, 4.69) is 43.0 Å². The van der Waals surface area contributed by atoms with Crippen molar-refractivity contribution in [2.24, 2.45) is 10.8 Å². The Morgan fingerprint density at radius 3 is 2.44 bits per heavy atom. The predicted molar refractivity (Wildman–Crippen MR) is 61.7 cm³/mol. The Balaban J connectivity index is 2.15. The summed E-state index contributed by atoms with van der Waals surface area (Å²) in [7, 11) is 0. The summed E-state index contributed by atoms with van der Waals surface area (Å²) in [6.07, 6.45) is 1.61. The molecule has 0 atom stereocenters. The molecule has 16 heavy (non-hydrogen) atoms. The fourth-order valence-electron chi connectivity index (χ4n) is 2.18. The van der Waals surface area contributed by atoms with Crippen LogP contribution in [0.1, 0.15) is 33.4 Å². The maximum atomic E-state index is 8.75. The van der Waals surface area contributed by atoms with Crippen LogP contribution >= 0.6 is 0 Å². The topological polar surface area (TPSA) is 61.6 Å². The van der Waals surface area contributed by atoms with E-state index in [1.165, 1.54) is 0 Å². The van der Waals surface area contributed by atoms with E-state index in [9.17, 15) is 0 Å². The first-order valence-corrected chi connectivity index (χ1v) is 5.39. The molecule has 1 N–H and O–H groups in total. The lowest BCUT2D eigenvalue weighted by molar-refractivity contribution is 0.457. The van der Waals surface area contributed by atoms with Crippen molar-refractivity contribution in [3.63, 3.8) is 0 Å². The first-order valence-electron chi connectivity index (χ1n) is 5.39. The highest BCUT2D eigenvalue weighted by Crippen LogP contribution is 2.63. The summed E-state index contributed by atoms with van der Waals surface area (Å²) in [5.41, 5.74) is 0.867. The minimum Gasteiger partial charge on any atom is -0.350 e. The van der Waals surface area contributed by atoms with Crippen LogP contribution in [0, 0.1) is 22.2 Å². The molecule has 1 aromatic rings. The van der Waals surface area contributed by atoms with Crippen molar-refractivity contribution in [2.75, 3.05) is 5.32 Å². The Hall–Kier alpha value is -1.63. The molecule has 0 spiro atoms. The Bertz CT molecular complexity index is 442. The third kappa shape index (κ3) is 1.44. The summed E-state index contributed by atoms with van der Waals surface area (Å²) >= 11 is 0. The highest BCUT2D eigenvalue weighted by molar-refractivity contribution is 5.38. The van der Waals surface area contributed by atoms with Gasteiger partial charge in [-0.3, -0.25) is 0 Å². The van der Waals surface area contributed by atoms with Crippen LogP contribution in [0.2, 0.25) is 0 Å². The van der Waals surface area contributed by atoms with E-state index in [-0.39, 0.29) is 10.8 Å². The van der Waals surface area contributed by atoms with E-state index in [0.29, 0.717) is 17.7 Å². The Morgan fingerprint density at radius 1 is 1.31 bits per heavy atom. The van der Waals surface area contributed by atoms with E-state index < -0.39 is 0 Å². The highest BCUT2D eigenvalue weighted by atomic mass is 15.2. The zero-order valence-corrected chi connectivity index (χ0v) is 10.1. The molecule has 2 rings (SSSR count). The van der Waals surface area contributed by atoms with Crippen LogP contribution in [-0.2, 0) is 0 Å². The molecule has 4 nitrogen and oxygen atoms in total. The second-order valence-electron chi connectivity index (χ2n) is 5.40. The largest absolute Gasteiger partial charge is 0.350 e. The van der Waals surface area contributed by atoms with Gasteiger partial charge in [0.1, 0.15) is 11.8 Å². The van der Waals surface area contributed by atoms with Gasteiger partial charge < -0.3 is 5.32 Å². The van der Waals surface area contributed by atoms with Crippen LogP contribution in [0.25, 0.3) is 0 Å². The van der Waals surface area contributed by atoms with Gasteiger partial charge in [-0.15, -0.1) is 0 Å². The van der Waals surface area contributed by atoms with Crippen molar-refractivity contribution in [1.29, 1.82) is 5.26 Å². The molecular formula is C12H16N4. The van der Waals surface area contributed by atoms with Gasteiger partial charge in [0.25, 0.3) is 0 Å². The summed E-state index contributed by atoms with van der Waals surface area (Å²) in [5.74, 6) is 0.544. The number of rotatable bonds is 2. The van der Waals surface area contributed by atoms with Crippen molar-refractivity contribution in [2.45, 2.75) is 33.7 Å². The summed E-state index contributed by atoms with van der Waals surface area (Å²) in [6, 6.07) is 3.97. The van der Waals surface area contributed by atoms with Crippen LogP contribution < -0.4 is 5.32 Å². The zero-order valence-electron chi connectivity index (χ0n) is 10.1. The standard InChI is InChI=1S/C12H16N4/c1-11(2)9(12(11,3)4)16-10-14-6-5-8(7-13)15-10/h5-6,9H,1-4H3,(H,14,15,16). The molecule has 0 radical (unpaired) electrons. The minimum absolute atomic E-state index is 0.235. The summed E-state index contributed by atoms with van der Waals surface area (Å²) in [5, 5.41) is 12.0. The fourth-order valence-corrected chi connectivity index (χ4v) is 2.18. The molecule has 0 bridgehead atoms. The normalized spacial score (nSPS) is 21.2. The van der Waals surface area contributed by atoms with Gasteiger partial charge in [0.05, 0.1) is 0 Å². The fraction of sp³-hybridized carbons (Fsp3) is 0.583. The van der Waals surface area contributed by atoms with E-state index in [1.54, 1.807) is 12.3 Å². The van der Waals surface area contributed by atoms with Gasteiger partial charge in [0.15, 0.2) is 0 Å². The van der Waals surface area contributed by atoms with Crippen molar-refractivity contribution < 1.29 is 0 Å². The van der Waals surface area contributed by atoms with Gasteiger partial charge in [-0.1, -0.05) is 27.7 Å². The molecule has 1 aliphatic carbocycles. The minimum atomic E-state index is 0.235. The zero-order chi connectivity index (χ0) is 12.0. The van der Waals surface area contributed by atoms with Crippen molar-refractivity contribution >= 4 is 5.95 Å². The third-order valence-corrected chi connectivity index (χ3v) is 4.06.